The fourth-order valence-electron chi connectivity index (χ4n) is 3.63. The van der Waals surface area contributed by atoms with Gasteiger partial charge in [0.25, 0.3) is 5.91 Å². The second kappa shape index (κ2) is 9.34. The Morgan fingerprint density at radius 1 is 1.05 bits per heavy atom. The Hall–Kier alpha value is -4.80. The molecule has 8 nitrogen and oxygen atoms in total. The molecule has 3 aromatic heterocycles. The first-order valence-corrected chi connectivity index (χ1v) is 11.1. The van der Waals surface area contributed by atoms with Gasteiger partial charge in [-0.05, 0) is 55.0 Å². The first-order valence-electron chi connectivity index (χ1n) is 11.1. The quantitative estimate of drug-likeness (QED) is 0.325. The molecular formula is C26H19F3N6O2. The van der Waals surface area contributed by atoms with Crippen molar-refractivity contribution in [2.75, 3.05) is 5.32 Å². The molecule has 186 valence electrons. The molecule has 0 radical (unpaired) electrons. The molecule has 0 aliphatic heterocycles. The highest BCUT2D eigenvalue weighted by molar-refractivity contribution is 6.04. The third-order valence-electron chi connectivity index (χ3n) is 5.48. The van der Waals surface area contributed by atoms with Gasteiger partial charge in [0.1, 0.15) is 11.1 Å². The first kappa shape index (κ1) is 23.9. The predicted octanol–water partition coefficient (Wildman–Crippen LogP) is 5.80. The lowest BCUT2D eigenvalue weighted by Crippen LogP contribution is -2.13. The summed E-state index contributed by atoms with van der Waals surface area (Å²) in [5.41, 5.74) is 1.17. The van der Waals surface area contributed by atoms with Crippen molar-refractivity contribution in [3.63, 3.8) is 0 Å². The molecule has 0 saturated heterocycles. The number of nitrogens with one attached hydrogen (secondary N) is 1. The maximum atomic E-state index is 13.0. The van der Waals surface area contributed by atoms with E-state index >= 15 is 0 Å². The zero-order chi connectivity index (χ0) is 26.2. The highest BCUT2D eigenvalue weighted by Crippen LogP contribution is 2.33. The van der Waals surface area contributed by atoms with Crippen molar-refractivity contribution in [3.8, 4) is 23.0 Å². The van der Waals surface area contributed by atoms with Crippen LogP contribution in [0.1, 0.15) is 21.5 Å². The topological polar surface area (TPSA) is 94.8 Å². The number of carbonyl (C=O) groups is 1. The molecule has 5 rings (SSSR count). The minimum atomic E-state index is -4.52. The molecule has 5 aromatic rings. The number of rotatable bonds is 5. The van der Waals surface area contributed by atoms with Crippen molar-refractivity contribution in [3.05, 3.63) is 89.9 Å². The average Bonchev–Trinajstić information content (AvgIpc) is 3.26. The number of anilines is 1. The van der Waals surface area contributed by atoms with E-state index in [-0.39, 0.29) is 17.1 Å². The molecule has 0 saturated carbocycles. The first-order chi connectivity index (χ1) is 17.7. The van der Waals surface area contributed by atoms with Crippen LogP contribution < -0.4 is 10.1 Å². The minimum absolute atomic E-state index is 0.0249. The summed E-state index contributed by atoms with van der Waals surface area (Å²) in [5, 5.41) is 7.43. The zero-order valence-electron chi connectivity index (χ0n) is 19.6. The van der Waals surface area contributed by atoms with Crippen molar-refractivity contribution in [2.24, 2.45) is 7.05 Å². The lowest BCUT2D eigenvalue weighted by atomic mass is 10.1. The Balaban J connectivity index is 1.47. The molecule has 0 bridgehead atoms. The van der Waals surface area contributed by atoms with Crippen molar-refractivity contribution in [1.82, 2.24) is 24.7 Å². The molecule has 0 fully saturated rings. The molecule has 3 heterocycles. The van der Waals surface area contributed by atoms with E-state index in [9.17, 15) is 18.0 Å². The molecule has 1 N–H and O–H groups in total. The molecular weight excluding hydrogens is 485 g/mol. The van der Waals surface area contributed by atoms with Crippen LogP contribution in [-0.2, 0) is 13.2 Å². The van der Waals surface area contributed by atoms with Gasteiger partial charge in [0.05, 0.1) is 5.56 Å². The van der Waals surface area contributed by atoms with Gasteiger partial charge in [0.15, 0.2) is 11.5 Å². The fourth-order valence-corrected chi connectivity index (χ4v) is 3.63. The molecule has 1 amide bonds. The Morgan fingerprint density at radius 3 is 2.65 bits per heavy atom. The number of nitrogens with zero attached hydrogens (tertiary/aromatic N) is 5. The zero-order valence-corrected chi connectivity index (χ0v) is 19.6. The van der Waals surface area contributed by atoms with Crippen LogP contribution in [0, 0.1) is 6.92 Å². The van der Waals surface area contributed by atoms with Gasteiger partial charge in [-0.3, -0.25) is 14.5 Å². The summed E-state index contributed by atoms with van der Waals surface area (Å²) < 4.78 is 46.8. The van der Waals surface area contributed by atoms with Gasteiger partial charge in [-0.25, -0.2) is 4.98 Å². The van der Waals surface area contributed by atoms with Gasteiger partial charge < -0.3 is 10.1 Å². The number of aryl methyl sites for hydroxylation is 2. The molecule has 0 aliphatic carbocycles. The number of ether oxygens (including phenoxy) is 1. The third kappa shape index (κ3) is 5.10. The Morgan fingerprint density at radius 2 is 1.89 bits per heavy atom. The number of pyridine rings is 1. The standard InChI is InChI=1S/C26H19F3N6O2/c1-15-8-9-16(24(36)31-19-7-3-6-18(12-19)26(27,28)29)11-21(15)37-25-20-14-35(2)34-23(20)32-22(33-25)17-5-4-10-30-13-17/h3-14H,1-2H3,(H,31,36). The summed E-state index contributed by atoms with van der Waals surface area (Å²) in [7, 11) is 1.75. The largest absolute Gasteiger partial charge is 0.438 e. The Kier molecular flexibility index (Phi) is 6.04. The summed E-state index contributed by atoms with van der Waals surface area (Å²) in [6.45, 7) is 1.80. The van der Waals surface area contributed by atoms with Gasteiger partial charge in [-0.15, -0.1) is 0 Å². The predicted molar refractivity (Wildman–Crippen MR) is 130 cm³/mol. The second-order valence-electron chi connectivity index (χ2n) is 8.25. The van der Waals surface area contributed by atoms with Crippen molar-refractivity contribution in [2.45, 2.75) is 13.1 Å². The van der Waals surface area contributed by atoms with Crippen LogP contribution >= 0.6 is 0 Å². The molecule has 2 aromatic carbocycles. The van der Waals surface area contributed by atoms with Crippen LogP contribution in [0.4, 0.5) is 18.9 Å². The number of halogens is 3. The number of fused-ring (bicyclic) bond motifs is 1. The van der Waals surface area contributed by atoms with Crippen LogP contribution in [0.3, 0.4) is 0 Å². The van der Waals surface area contributed by atoms with E-state index in [0.717, 1.165) is 12.1 Å². The lowest BCUT2D eigenvalue weighted by Gasteiger charge is -2.13. The fraction of sp³-hybridized carbons (Fsp3) is 0.115. The SMILES string of the molecule is Cc1ccc(C(=O)Nc2cccc(C(F)(F)F)c2)cc1Oc1nc(-c2cccnc2)nc2nn(C)cc12. The van der Waals surface area contributed by atoms with E-state index in [1.165, 1.54) is 18.2 Å². The van der Waals surface area contributed by atoms with E-state index in [0.29, 0.717) is 33.7 Å². The second-order valence-corrected chi connectivity index (χ2v) is 8.25. The van der Waals surface area contributed by atoms with E-state index in [2.05, 4.69) is 25.4 Å². The van der Waals surface area contributed by atoms with Crippen molar-refractivity contribution >= 4 is 22.6 Å². The molecule has 0 spiro atoms. The maximum Gasteiger partial charge on any atom is 0.416 e. The van der Waals surface area contributed by atoms with E-state index in [1.54, 1.807) is 55.4 Å². The van der Waals surface area contributed by atoms with Gasteiger partial charge in [-0.2, -0.15) is 23.3 Å². The number of benzene rings is 2. The van der Waals surface area contributed by atoms with E-state index in [1.807, 2.05) is 6.07 Å². The van der Waals surface area contributed by atoms with E-state index in [4.69, 9.17) is 4.74 Å². The van der Waals surface area contributed by atoms with Crippen LogP contribution in [-0.4, -0.2) is 30.6 Å². The van der Waals surface area contributed by atoms with Crippen molar-refractivity contribution < 1.29 is 22.7 Å². The number of aromatic nitrogens is 5. The van der Waals surface area contributed by atoms with Crippen LogP contribution in [0.15, 0.2) is 73.2 Å². The summed E-state index contributed by atoms with van der Waals surface area (Å²) in [6.07, 6.45) is 0.462. The van der Waals surface area contributed by atoms with Crippen LogP contribution in [0.2, 0.25) is 0 Å². The maximum absolute atomic E-state index is 13.0. The number of hydrogen-bond acceptors (Lipinski definition) is 6. The molecule has 0 atom stereocenters. The van der Waals surface area contributed by atoms with Gasteiger partial charge in [0.2, 0.25) is 5.88 Å². The van der Waals surface area contributed by atoms with Crippen LogP contribution in [0.5, 0.6) is 11.6 Å². The van der Waals surface area contributed by atoms with Crippen molar-refractivity contribution in [1.29, 1.82) is 0 Å². The summed E-state index contributed by atoms with van der Waals surface area (Å²) >= 11 is 0. The average molecular weight is 504 g/mol. The Labute approximate surface area is 208 Å². The van der Waals surface area contributed by atoms with Gasteiger partial charge in [0, 0.05) is 42.5 Å². The monoisotopic (exact) mass is 504 g/mol. The Bertz CT molecular complexity index is 1620. The number of hydrogen-bond donors (Lipinski definition) is 1. The number of amides is 1. The molecule has 0 unspecified atom stereocenters. The normalized spacial score (nSPS) is 11.5. The molecule has 11 heteroatoms. The van der Waals surface area contributed by atoms with E-state index < -0.39 is 17.6 Å². The molecule has 0 aliphatic rings. The smallest absolute Gasteiger partial charge is 0.416 e. The molecule has 37 heavy (non-hydrogen) atoms. The minimum Gasteiger partial charge on any atom is -0.438 e. The van der Waals surface area contributed by atoms with Gasteiger partial charge in [-0.1, -0.05) is 12.1 Å². The lowest BCUT2D eigenvalue weighted by molar-refractivity contribution is -0.137. The summed E-state index contributed by atoms with van der Waals surface area (Å²) in [4.78, 5) is 26.0. The number of alkyl halides is 3. The van der Waals surface area contributed by atoms with Gasteiger partial charge >= 0.3 is 6.18 Å². The highest BCUT2D eigenvalue weighted by atomic mass is 19.4. The third-order valence-corrected chi connectivity index (χ3v) is 5.48. The van der Waals surface area contributed by atoms with Crippen LogP contribution in [0.25, 0.3) is 22.4 Å². The number of carbonyl (C=O) groups excluding carboxylic acids is 1. The highest BCUT2D eigenvalue weighted by Gasteiger charge is 2.30. The summed E-state index contributed by atoms with van der Waals surface area (Å²) in [6, 6.07) is 12.8. The summed E-state index contributed by atoms with van der Waals surface area (Å²) in [5.74, 6) is 0.355.